The lowest BCUT2D eigenvalue weighted by Crippen LogP contribution is -2.40. The summed E-state index contributed by atoms with van der Waals surface area (Å²) in [6, 6.07) is 5.94. The van der Waals surface area contributed by atoms with E-state index in [4.69, 9.17) is 0 Å². The molecule has 0 saturated carbocycles. The number of carbonyl (C=O) groups is 2. The van der Waals surface area contributed by atoms with Gasteiger partial charge in [0.25, 0.3) is 0 Å². The van der Waals surface area contributed by atoms with Crippen molar-refractivity contribution in [3.05, 3.63) is 23.8 Å². The van der Waals surface area contributed by atoms with Gasteiger partial charge >= 0.3 is 0 Å². The molecule has 0 aliphatic carbocycles. The summed E-state index contributed by atoms with van der Waals surface area (Å²) in [6.45, 7) is 4.47. The quantitative estimate of drug-likeness (QED) is 0.772. The lowest BCUT2D eigenvalue weighted by Gasteiger charge is -2.15. The second-order valence-corrected chi connectivity index (χ2v) is 6.67. The summed E-state index contributed by atoms with van der Waals surface area (Å²) in [6.07, 6.45) is 5.08. The van der Waals surface area contributed by atoms with E-state index in [2.05, 4.69) is 23.1 Å². The Balaban J connectivity index is 1.59. The molecule has 6 nitrogen and oxygen atoms in total. The summed E-state index contributed by atoms with van der Waals surface area (Å²) in [5.41, 5.74) is 9.17. The zero-order valence-corrected chi connectivity index (χ0v) is 14.4. The van der Waals surface area contributed by atoms with Gasteiger partial charge in [0.2, 0.25) is 11.8 Å². The lowest BCUT2D eigenvalue weighted by atomic mass is 10.0. The number of hydrogen-bond acceptors (Lipinski definition) is 4. The first-order valence-corrected chi connectivity index (χ1v) is 8.81. The van der Waals surface area contributed by atoms with Gasteiger partial charge < -0.3 is 10.2 Å². The van der Waals surface area contributed by atoms with E-state index in [0.717, 1.165) is 42.7 Å². The van der Waals surface area contributed by atoms with Crippen molar-refractivity contribution < 1.29 is 9.59 Å². The van der Waals surface area contributed by atoms with Gasteiger partial charge in [-0.25, -0.2) is 5.43 Å². The highest BCUT2D eigenvalue weighted by atomic mass is 16.2. The summed E-state index contributed by atoms with van der Waals surface area (Å²) in [5.74, 6) is 0.0488. The van der Waals surface area contributed by atoms with Crippen molar-refractivity contribution in [2.24, 2.45) is 0 Å². The number of benzene rings is 1. The zero-order chi connectivity index (χ0) is 17.1. The average molecular weight is 330 g/mol. The van der Waals surface area contributed by atoms with Gasteiger partial charge in [0.15, 0.2) is 0 Å². The zero-order valence-electron chi connectivity index (χ0n) is 14.4. The summed E-state index contributed by atoms with van der Waals surface area (Å²) < 4.78 is 0. The minimum Gasteiger partial charge on any atom is -0.325 e. The Labute approximate surface area is 143 Å². The molecule has 3 N–H and O–H groups in total. The van der Waals surface area contributed by atoms with Gasteiger partial charge in [0.05, 0.1) is 0 Å². The van der Waals surface area contributed by atoms with Crippen LogP contribution in [0.1, 0.15) is 45.1 Å². The van der Waals surface area contributed by atoms with E-state index in [-0.39, 0.29) is 17.9 Å². The molecule has 1 saturated heterocycles. The highest BCUT2D eigenvalue weighted by Crippen LogP contribution is 2.30. The number of hydrazine groups is 1. The number of rotatable bonds is 5. The Morgan fingerprint density at radius 3 is 2.92 bits per heavy atom. The van der Waals surface area contributed by atoms with Crippen LogP contribution < -0.4 is 21.1 Å². The highest BCUT2D eigenvalue weighted by molar-refractivity contribution is 5.97. The highest BCUT2D eigenvalue weighted by Gasteiger charge is 2.29. The third-order valence-electron chi connectivity index (χ3n) is 4.83. The molecule has 3 rings (SSSR count). The maximum Gasteiger partial charge on any atom is 0.242 e. The van der Waals surface area contributed by atoms with Crippen LogP contribution in [0.3, 0.4) is 0 Å². The number of hydrogen-bond donors (Lipinski definition) is 3. The Bertz CT molecular complexity index is 631. The predicted molar refractivity (Wildman–Crippen MR) is 94.8 cm³/mol. The summed E-state index contributed by atoms with van der Waals surface area (Å²) >= 11 is 0. The van der Waals surface area contributed by atoms with Gasteiger partial charge in [-0.05, 0) is 43.0 Å². The SMILES string of the molecule is CCCCC1CC(C(=O)Nc2ccc3c(c2)CCN3C(C)=O)NN1. The summed E-state index contributed by atoms with van der Waals surface area (Å²) in [7, 11) is 0. The van der Waals surface area contributed by atoms with Crippen LogP contribution in [0.2, 0.25) is 0 Å². The van der Waals surface area contributed by atoms with Crippen LogP contribution in [0, 0.1) is 0 Å². The van der Waals surface area contributed by atoms with E-state index < -0.39 is 0 Å². The van der Waals surface area contributed by atoms with Crippen LogP contribution in [0.5, 0.6) is 0 Å². The maximum absolute atomic E-state index is 12.4. The molecule has 0 spiro atoms. The Kier molecular flexibility index (Phi) is 5.16. The van der Waals surface area contributed by atoms with E-state index in [1.165, 1.54) is 12.8 Å². The number of unbranched alkanes of at least 4 members (excludes halogenated alkanes) is 1. The molecular formula is C18H26N4O2. The standard InChI is InChI=1S/C18H26N4O2/c1-3-4-5-15-11-16(21-20-15)18(24)19-14-6-7-17-13(10-14)8-9-22(17)12(2)23/h6-7,10,15-16,20-21H,3-5,8-9,11H2,1-2H3,(H,19,24). The molecule has 2 heterocycles. The Morgan fingerprint density at radius 1 is 1.33 bits per heavy atom. The third-order valence-corrected chi connectivity index (χ3v) is 4.83. The first kappa shape index (κ1) is 16.9. The smallest absolute Gasteiger partial charge is 0.242 e. The fraction of sp³-hybridized carbons (Fsp3) is 0.556. The van der Waals surface area contributed by atoms with Gasteiger partial charge in [-0.3, -0.25) is 15.0 Å². The van der Waals surface area contributed by atoms with Crippen molar-refractivity contribution in [1.29, 1.82) is 0 Å². The fourth-order valence-corrected chi connectivity index (χ4v) is 3.47. The minimum atomic E-state index is -0.200. The van der Waals surface area contributed by atoms with Gasteiger partial charge in [-0.2, -0.15) is 0 Å². The normalized spacial score (nSPS) is 22.5. The van der Waals surface area contributed by atoms with Crippen molar-refractivity contribution in [2.45, 2.75) is 58.0 Å². The minimum absolute atomic E-state index is 0.0112. The number of anilines is 2. The van der Waals surface area contributed by atoms with Crippen molar-refractivity contribution >= 4 is 23.2 Å². The van der Waals surface area contributed by atoms with E-state index in [1.54, 1.807) is 11.8 Å². The number of nitrogens with zero attached hydrogens (tertiary/aromatic N) is 1. The van der Waals surface area contributed by atoms with Crippen molar-refractivity contribution in [3.63, 3.8) is 0 Å². The van der Waals surface area contributed by atoms with Crippen LogP contribution in [-0.2, 0) is 16.0 Å². The molecule has 2 aliphatic rings. The number of nitrogens with one attached hydrogen (secondary N) is 3. The molecule has 24 heavy (non-hydrogen) atoms. The second kappa shape index (κ2) is 7.32. The molecule has 2 aliphatic heterocycles. The van der Waals surface area contributed by atoms with Crippen molar-refractivity contribution in [1.82, 2.24) is 10.9 Å². The first-order chi connectivity index (χ1) is 11.6. The molecule has 1 aromatic rings. The molecule has 2 amide bonds. The Morgan fingerprint density at radius 2 is 2.17 bits per heavy atom. The Hall–Kier alpha value is -1.92. The van der Waals surface area contributed by atoms with Crippen LogP contribution in [0.25, 0.3) is 0 Å². The van der Waals surface area contributed by atoms with Crippen LogP contribution in [-0.4, -0.2) is 30.4 Å². The molecular weight excluding hydrogens is 304 g/mol. The molecule has 0 bridgehead atoms. The monoisotopic (exact) mass is 330 g/mol. The van der Waals surface area contributed by atoms with E-state index in [0.29, 0.717) is 6.04 Å². The van der Waals surface area contributed by atoms with Crippen LogP contribution in [0.15, 0.2) is 18.2 Å². The number of carbonyl (C=O) groups excluding carboxylic acids is 2. The average Bonchev–Trinajstić information content (AvgIpc) is 3.19. The topological polar surface area (TPSA) is 73.5 Å². The lowest BCUT2D eigenvalue weighted by molar-refractivity contribution is -0.118. The van der Waals surface area contributed by atoms with Gasteiger partial charge in [0, 0.05) is 30.9 Å². The molecule has 2 unspecified atom stereocenters. The second-order valence-electron chi connectivity index (χ2n) is 6.67. The van der Waals surface area contributed by atoms with Crippen molar-refractivity contribution in [2.75, 3.05) is 16.8 Å². The molecule has 0 aromatic heterocycles. The van der Waals surface area contributed by atoms with Crippen LogP contribution >= 0.6 is 0 Å². The van der Waals surface area contributed by atoms with Crippen molar-refractivity contribution in [3.8, 4) is 0 Å². The molecule has 0 radical (unpaired) electrons. The molecule has 6 heteroatoms. The first-order valence-electron chi connectivity index (χ1n) is 8.81. The maximum atomic E-state index is 12.4. The van der Waals surface area contributed by atoms with Gasteiger partial charge in [-0.1, -0.05) is 19.8 Å². The molecule has 130 valence electrons. The predicted octanol–water partition coefficient (Wildman–Crippen LogP) is 1.96. The summed E-state index contributed by atoms with van der Waals surface area (Å²) in [4.78, 5) is 25.8. The van der Waals surface area contributed by atoms with E-state index >= 15 is 0 Å². The molecule has 1 aromatic carbocycles. The molecule has 1 fully saturated rings. The fourth-order valence-electron chi connectivity index (χ4n) is 3.47. The van der Waals surface area contributed by atoms with Crippen LogP contribution in [0.4, 0.5) is 11.4 Å². The van der Waals surface area contributed by atoms with E-state index in [9.17, 15) is 9.59 Å². The third kappa shape index (κ3) is 3.60. The van der Waals surface area contributed by atoms with Gasteiger partial charge in [-0.15, -0.1) is 0 Å². The number of amides is 2. The van der Waals surface area contributed by atoms with Gasteiger partial charge in [0.1, 0.15) is 6.04 Å². The largest absolute Gasteiger partial charge is 0.325 e. The molecule has 2 atom stereocenters. The summed E-state index contributed by atoms with van der Waals surface area (Å²) in [5, 5.41) is 2.99. The number of fused-ring (bicyclic) bond motifs is 1. The van der Waals surface area contributed by atoms with E-state index in [1.807, 2.05) is 18.2 Å².